The molecule has 8 nitrogen and oxygen atoms in total. The Kier molecular flexibility index (Phi) is 5.94. The molecule has 0 spiro atoms. The molecule has 0 bridgehead atoms. The van der Waals surface area contributed by atoms with Crippen LogP contribution >= 0.6 is 0 Å². The molecule has 3 aromatic rings. The normalized spacial score (nSPS) is 12.9. The maximum atomic E-state index is 13.2. The Balaban J connectivity index is 1.85. The number of amides is 2. The number of aliphatic hydroxyl groups is 2. The number of nitrogens with zero attached hydrogens (tertiary/aromatic N) is 2. The number of hydrogen-bond donors (Lipinski definition) is 5. The third-order valence-electron chi connectivity index (χ3n) is 4.43. The van der Waals surface area contributed by atoms with Gasteiger partial charge in [-0.3, -0.25) is 10.4 Å². The van der Waals surface area contributed by atoms with Crippen molar-refractivity contribution in [2.75, 3.05) is 5.32 Å². The van der Waals surface area contributed by atoms with Crippen LogP contribution in [0, 0.1) is 5.82 Å². The van der Waals surface area contributed by atoms with Crippen LogP contribution in [0.1, 0.15) is 43.3 Å². The van der Waals surface area contributed by atoms with Gasteiger partial charge in [-0.1, -0.05) is 12.1 Å². The van der Waals surface area contributed by atoms with Gasteiger partial charge < -0.3 is 15.5 Å². The summed E-state index contributed by atoms with van der Waals surface area (Å²) in [6, 6.07) is 4.92. The Hall–Kier alpha value is -3.18. The lowest BCUT2D eigenvalue weighted by Crippen LogP contribution is -2.44. The predicted molar refractivity (Wildman–Crippen MR) is 102 cm³/mol. The number of alkyl halides is 2. The van der Waals surface area contributed by atoms with Crippen molar-refractivity contribution in [2.45, 2.75) is 38.5 Å². The van der Waals surface area contributed by atoms with E-state index in [9.17, 15) is 28.2 Å². The molecule has 0 aliphatic heterocycles. The van der Waals surface area contributed by atoms with Crippen LogP contribution in [0.25, 0.3) is 10.9 Å². The summed E-state index contributed by atoms with van der Waals surface area (Å²) < 4.78 is 39.4. The summed E-state index contributed by atoms with van der Waals surface area (Å²) in [6.07, 6.45) is -2.86. The summed E-state index contributed by atoms with van der Waals surface area (Å²) in [5.74, 6) is -0.489. The lowest BCUT2D eigenvalue weighted by Gasteiger charge is -2.30. The zero-order valence-corrected chi connectivity index (χ0v) is 16.1. The molecule has 30 heavy (non-hydrogen) atoms. The van der Waals surface area contributed by atoms with Gasteiger partial charge in [-0.15, -0.1) is 0 Å². The van der Waals surface area contributed by atoms with Crippen LogP contribution in [-0.2, 0) is 6.61 Å². The molecule has 0 fully saturated rings. The number of pyridine rings is 1. The molecule has 160 valence electrons. The SMILES string of the molecule is CC(C)(O)[C@@H](NC(=O)Nc1cc2[nH]nc(C(F)F)c2c(CO)n1)c1ccc(F)cc1. The standard InChI is InChI=1S/C19H20F3N5O3/c1-19(2,30)16(9-3-5-10(20)6-4-9)25-18(29)24-13-7-11-14(12(8-28)23-13)15(17(21)22)27-26-11/h3-7,16-17,28,30H,8H2,1-2H3,(H,26,27)(H2,23,24,25,29)/t16-/m0/s1. The van der Waals surface area contributed by atoms with Gasteiger partial charge in [0.1, 0.15) is 17.3 Å². The number of anilines is 1. The van der Waals surface area contributed by atoms with Gasteiger partial charge in [0.15, 0.2) is 0 Å². The summed E-state index contributed by atoms with van der Waals surface area (Å²) in [4.78, 5) is 16.5. The number of hydrogen-bond acceptors (Lipinski definition) is 5. The average molecular weight is 423 g/mol. The number of rotatable bonds is 6. The lowest BCUT2D eigenvalue weighted by atomic mass is 9.92. The van der Waals surface area contributed by atoms with Crippen LogP contribution in [-0.4, -0.2) is 37.0 Å². The molecule has 0 radical (unpaired) electrons. The van der Waals surface area contributed by atoms with E-state index in [-0.39, 0.29) is 22.4 Å². The molecule has 2 amide bonds. The van der Waals surface area contributed by atoms with Gasteiger partial charge in [-0.2, -0.15) is 5.10 Å². The summed E-state index contributed by atoms with van der Waals surface area (Å²) in [5, 5.41) is 30.9. The van der Waals surface area contributed by atoms with Gasteiger partial charge >= 0.3 is 6.03 Å². The zero-order valence-electron chi connectivity index (χ0n) is 16.1. The molecule has 2 heterocycles. The molecule has 11 heteroatoms. The fraction of sp³-hybridized carbons (Fsp3) is 0.316. The van der Waals surface area contributed by atoms with Crippen LogP contribution in [0.3, 0.4) is 0 Å². The predicted octanol–water partition coefficient (Wildman–Crippen LogP) is 3.16. The molecule has 2 aromatic heterocycles. The van der Waals surface area contributed by atoms with E-state index in [1.54, 1.807) is 0 Å². The second-order valence-electron chi connectivity index (χ2n) is 7.18. The van der Waals surface area contributed by atoms with E-state index in [2.05, 4.69) is 25.8 Å². The minimum atomic E-state index is -2.86. The molecule has 1 aromatic carbocycles. The highest BCUT2D eigenvalue weighted by atomic mass is 19.3. The molecular formula is C19H20F3N5O3. The highest BCUT2D eigenvalue weighted by Gasteiger charge is 2.30. The van der Waals surface area contributed by atoms with Crippen molar-refractivity contribution in [1.82, 2.24) is 20.5 Å². The summed E-state index contributed by atoms with van der Waals surface area (Å²) in [7, 11) is 0. The quantitative estimate of drug-likeness (QED) is 0.417. The van der Waals surface area contributed by atoms with Crippen LogP contribution in [0.5, 0.6) is 0 Å². The van der Waals surface area contributed by atoms with Crippen LogP contribution in [0.15, 0.2) is 30.3 Å². The molecule has 0 saturated carbocycles. The van der Waals surface area contributed by atoms with Gasteiger partial charge in [0.25, 0.3) is 6.43 Å². The summed E-state index contributed by atoms with van der Waals surface area (Å²) >= 11 is 0. The van der Waals surface area contributed by atoms with Crippen molar-refractivity contribution in [3.05, 3.63) is 53.1 Å². The van der Waals surface area contributed by atoms with E-state index < -0.39 is 42.2 Å². The van der Waals surface area contributed by atoms with E-state index >= 15 is 0 Å². The number of H-pyrrole nitrogens is 1. The van der Waals surface area contributed by atoms with Gasteiger partial charge in [-0.05, 0) is 31.5 Å². The van der Waals surface area contributed by atoms with Crippen molar-refractivity contribution < 1.29 is 28.2 Å². The molecule has 0 saturated heterocycles. The third-order valence-corrected chi connectivity index (χ3v) is 4.43. The fourth-order valence-electron chi connectivity index (χ4n) is 3.09. The smallest absolute Gasteiger partial charge is 0.320 e. The Bertz CT molecular complexity index is 1050. The highest BCUT2D eigenvalue weighted by Crippen LogP contribution is 2.29. The first kappa shape index (κ1) is 21.5. The minimum Gasteiger partial charge on any atom is -0.390 e. The van der Waals surface area contributed by atoms with Crippen molar-refractivity contribution in [3.8, 4) is 0 Å². The van der Waals surface area contributed by atoms with Crippen LogP contribution in [0.4, 0.5) is 23.8 Å². The molecule has 0 aliphatic carbocycles. The average Bonchev–Trinajstić information content (AvgIpc) is 3.10. The van der Waals surface area contributed by atoms with Crippen molar-refractivity contribution in [3.63, 3.8) is 0 Å². The van der Waals surface area contributed by atoms with Gasteiger partial charge in [0.05, 0.1) is 34.8 Å². The maximum Gasteiger partial charge on any atom is 0.320 e. The third kappa shape index (κ3) is 4.52. The lowest BCUT2D eigenvalue weighted by molar-refractivity contribution is 0.0415. The summed E-state index contributed by atoms with van der Waals surface area (Å²) in [5.41, 5.74) is -1.38. The van der Waals surface area contributed by atoms with Gasteiger partial charge in [-0.25, -0.2) is 22.9 Å². The number of aromatic nitrogens is 3. The molecule has 1 atom stereocenters. The topological polar surface area (TPSA) is 123 Å². The Labute approximate surface area is 169 Å². The molecule has 0 unspecified atom stereocenters. The monoisotopic (exact) mass is 423 g/mol. The van der Waals surface area contributed by atoms with Crippen molar-refractivity contribution in [1.29, 1.82) is 0 Å². The Morgan fingerprint density at radius 1 is 1.27 bits per heavy atom. The van der Waals surface area contributed by atoms with E-state index in [0.717, 1.165) is 0 Å². The van der Waals surface area contributed by atoms with E-state index in [4.69, 9.17) is 0 Å². The number of benzene rings is 1. The van der Waals surface area contributed by atoms with Crippen molar-refractivity contribution in [2.24, 2.45) is 0 Å². The number of halogens is 3. The minimum absolute atomic E-state index is 0.0147. The first-order valence-electron chi connectivity index (χ1n) is 8.92. The number of carbonyl (C=O) groups is 1. The number of aliphatic hydroxyl groups excluding tert-OH is 1. The highest BCUT2D eigenvalue weighted by molar-refractivity contribution is 5.92. The van der Waals surface area contributed by atoms with E-state index in [0.29, 0.717) is 5.56 Å². The number of aromatic amines is 1. The number of nitrogens with one attached hydrogen (secondary N) is 3. The van der Waals surface area contributed by atoms with Crippen LogP contribution < -0.4 is 10.6 Å². The molecule has 5 N–H and O–H groups in total. The molecule has 0 aliphatic rings. The van der Waals surface area contributed by atoms with Crippen LogP contribution in [0.2, 0.25) is 0 Å². The number of urea groups is 1. The number of fused-ring (bicyclic) bond motifs is 1. The van der Waals surface area contributed by atoms with Crippen molar-refractivity contribution >= 4 is 22.8 Å². The van der Waals surface area contributed by atoms with E-state index in [1.165, 1.54) is 44.2 Å². The van der Waals surface area contributed by atoms with E-state index in [1.807, 2.05) is 0 Å². The first-order valence-corrected chi connectivity index (χ1v) is 8.92. The second-order valence-corrected chi connectivity index (χ2v) is 7.18. The second kappa shape index (κ2) is 8.28. The Morgan fingerprint density at radius 2 is 1.93 bits per heavy atom. The number of carbonyl (C=O) groups excluding carboxylic acids is 1. The Morgan fingerprint density at radius 3 is 2.50 bits per heavy atom. The molecule has 3 rings (SSSR count). The van der Waals surface area contributed by atoms with Gasteiger partial charge in [0, 0.05) is 6.07 Å². The maximum absolute atomic E-state index is 13.2. The zero-order chi connectivity index (χ0) is 22.1. The van der Waals surface area contributed by atoms with Gasteiger partial charge in [0.2, 0.25) is 0 Å². The summed E-state index contributed by atoms with van der Waals surface area (Å²) in [6.45, 7) is 2.31. The molecular weight excluding hydrogens is 403 g/mol. The first-order chi connectivity index (χ1) is 14.1. The largest absolute Gasteiger partial charge is 0.390 e. The fourth-order valence-corrected chi connectivity index (χ4v) is 3.09.